The topological polar surface area (TPSA) is 78.3 Å². The molecule has 138 valence electrons. The molecule has 1 aliphatic heterocycles. The van der Waals surface area contributed by atoms with Crippen LogP contribution in [0.2, 0.25) is 0 Å². The lowest BCUT2D eigenvalue weighted by molar-refractivity contribution is 0.0951. The molecule has 0 bridgehead atoms. The second kappa shape index (κ2) is 6.70. The van der Waals surface area contributed by atoms with Crippen molar-refractivity contribution < 1.29 is 14.3 Å². The number of ether oxygens (including phenoxy) is 2. The molecule has 0 saturated carbocycles. The molecular weight excluding hydrogens is 356 g/mol. The zero-order chi connectivity index (χ0) is 18.9. The Morgan fingerprint density at radius 2 is 1.96 bits per heavy atom. The molecule has 1 amide bonds. The SMILES string of the molecule is O=C(NCc1ccc2c(c1)OCO2)c1cccc(-n2cnc3cccnc32)c1. The van der Waals surface area contributed by atoms with E-state index in [9.17, 15) is 4.79 Å². The maximum Gasteiger partial charge on any atom is 0.251 e. The van der Waals surface area contributed by atoms with Gasteiger partial charge in [-0.1, -0.05) is 12.1 Å². The number of hydrogen-bond donors (Lipinski definition) is 1. The fraction of sp³-hybridized carbons (Fsp3) is 0.0952. The van der Waals surface area contributed by atoms with Gasteiger partial charge >= 0.3 is 0 Å². The lowest BCUT2D eigenvalue weighted by Gasteiger charge is -2.09. The van der Waals surface area contributed by atoms with E-state index in [1.165, 1.54) is 0 Å². The lowest BCUT2D eigenvalue weighted by Crippen LogP contribution is -2.22. The van der Waals surface area contributed by atoms with Crippen molar-refractivity contribution in [1.29, 1.82) is 0 Å². The summed E-state index contributed by atoms with van der Waals surface area (Å²) in [6.07, 6.45) is 3.43. The molecule has 0 atom stereocenters. The maximum absolute atomic E-state index is 12.6. The number of pyridine rings is 1. The number of rotatable bonds is 4. The van der Waals surface area contributed by atoms with Gasteiger partial charge in [-0.05, 0) is 48.0 Å². The van der Waals surface area contributed by atoms with E-state index in [-0.39, 0.29) is 12.7 Å². The number of nitrogens with one attached hydrogen (secondary N) is 1. The van der Waals surface area contributed by atoms with E-state index in [0.29, 0.717) is 17.9 Å². The van der Waals surface area contributed by atoms with Gasteiger partial charge in [0.25, 0.3) is 5.91 Å². The normalized spacial score (nSPS) is 12.3. The molecule has 0 fully saturated rings. The van der Waals surface area contributed by atoms with Crippen LogP contribution in [0.15, 0.2) is 67.1 Å². The first-order chi connectivity index (χ1) is 13.8. The van der Waals surface area contributed by atoms with Gasteiger partial charge in [-0.3, -0.25) is 9.36 Å². The average Bonchev–Trinajstić information content (AvgIpc) is 3.38. The van der Waals surface area contributed by atoms with Gasteiger partial charge < -0.3 is 14.8 Å². The largest absolute Gasteiger partial charge is 0.454 e. The predicted octanol–water partition coefficient (Wildman–Crippen LogP) is 3.08. The van der Waals surface area contributed by atoms with Crippen LogP contribution >= 0.6 is 0 Å². The quantitative estimate of drug-likeness (QED) is 0.596. The van der Waals surface area contributed by atoms with Crippen molar-refractivity contribution in [2.45, 2.75) is 6.54 Å². The molecule has 2 aromatic heterocycles. The summed E-state index contributed by atoms with van der Waals surface area (Å²) >= 11 is 0. The van der Waals surface area contributed by atoms with E-state index in [1.807, 2.05) is 53.1 Å². The summed E-state index contributed by atoms with van der Waals surface area (Å²) in [5.74, 6) is 1.27. The van der Waals surface area contributed by atoms with Crippen LogP contribution in [0, 0.1) is 0 Å². The Hall–Kier alpha value is -3.87. The summed E-state index contributed by atoms with van der Waals surface area (Å²) in [7, 11) is 0. The molecule has 1 N–H and O–H groups in total. The van der Waals surface area contributed by atoms with Gasteiger partial charge in [0, 0.05) is 24.0 Å². The van der Waals surface area contributed by atoms with Crippen LogP contribution in [0.25, 0.3) is 16.9 Å². The van der Waals surface area contributed by atoms with E-state index in [1.54, 1.807) is 18.6 Å². The zero-order valence-corrected chi connectivity index (χ0v) is 14.8. The van der Waals surface area contributed by atoms with Gasteiger partial charge in [-0.2, -0.15) is 0 Å². The molecule has 0 aliphatic carbocycles. The summed E-state index contributed by atoms with van der Waals surface area (Å²) in [6, 6.07) is 16.8. The molecule has 7 heteroatoms. The van der Waals surface area contributed by atoms with E-state index < -0.39 is 0 Å². The van der Waals surface area contributed by atoms with Gasteiger partial charge in [0.05, 0.1) is 0 Å². The fourth-order valence-electron chi connectivity index (χ4n) is 3.17. The molecule has 0 radical (unpaired) electrons. The van der Waals surface area contributed by atoms with Gasteiger partial charge in [0.2, 0.25) is 6.79 Å². The summed E-state index contributed by atoms with van der Waals surface area (Å²) in [6.45, 7) is 0.630. The Kier molecular flexibility index (Phi) is 3.90. The zero-order valence-electron chi connectivity index (χ0n) is 14.8. The second-order valence-electron chi connectivity index (χ2n) is 6.38. The van der Waals surface area contributed by atoms with Crippen LogP contribution in [0.3, 0.4) is 0 Å². The van der Waals surface area contributed by atoms with Crippen LogP contribution in [0.4, 0.5) is 0 Å². The van der Waals surface area contributed by atoms with Crippen LogP contribution < -0.4 is 14.8 Å². The molecule has 7 nitrogen and oxygen atoms in total. The molecule has 3 heterocycles. The maximum atomic E-state index is 12.6. The highest BCUT2D eigenvalue weighted by Gasteiger charge is 2.14. The van der Waals surface area contributed by atoms with Crippen molar-refractivity contribution in [2.75, 3.05) is 6.79 Å². The van der Waals surface area contributed by atoms with Crippen molar-refractivity contribution in [1.82, 2.24) is 19.9 Å². The third-order valence-electron chi connectivity index (χ3n) is 4.58. The van der Waals surface area contributed by atoms with E-state index in [2.05, 4.69) is 15.3 Å². The Labute approximate surface area is 160 Å². The minimum Gasteiger partial charge on any atom is -0.454 e. The monoisotopic (exact) mass is 372 g/mol. The summed E-state index contributed by atoms with van der Waals surface area (Å²) in [4.78, 5) is 21.4. The van der Waals surface area contributed by atoms with E-state index >= 15 is 0 Å². The molecular formula is C21H16N4O3. The van der Waals surface area contributed by atoms with Crippen molar-refractivity contribution in [3.8, 4) is 17.2 Å². The average molecular weight is 372 g/mol. The number of fused-ring (bicyclic) bond motifs is 2. The second-order valence-corrected chi connectivity index (χ2v) is 6.38. The predicted molar refractivity (Wildman–Crippen MR) is 103 cm³/mol. The number of carbonyl (C=O) groups is 1. The first kappa shape index (κ1) is 16.3. The Balaban J connectivity index is 1.35. The Morgan fingerprint density at radius 3 is 2.93 bits per heavy atom. The van der Waals surface area contributed by atoms with Gasteiger partial charge in [0.15, 0.2) is 17.1 Å². The number of carbonyl (C=O) groups excluding carboxylic acids is 1. The smallest absolute Gasteiger partial charge is 0.251 e. The number of hydrogen-bond acceptors (Lipinski definition) is 5. The van der Waals surface area contributed by atoms with Crippen molar-refractivity contribution in [3.63, 3.8) is 0 Å². The van der Waals surface area contributed by atoms with Gasteiger partial charge in [0.1, 0.15) is 11.8 Å². The molecule has 4 aromatic rings. The Morgan fingerprint density at radius 1 is 1.04 bits per heavy atom. The number of amides is 1. The first-order valence-electron chi connectivity index (χ1n) is 8.83. The third-order valence-corrected chi connectivity index (χ3v) is 4.58. The van der Waals surface area contributed by atoms with E-state index in [4.69, 9.17) is 9.47 Å². The molecule has 28 heavy (non-hydrogen) atoms. The molecule has 0 saturated heterocycles. The minimum atomic E-state index is -0.156. The molecule has 1 aliphatic rings. The minimum absolute atomic E-state index is 0.156. The highest BCUT2D eigenvalue weighted by molar-refractivity contribution is 5.94. The van der Waals surface area contributed by atoms with Crippen molar-refractivity contribution in [3.05, 3.63) is 78.2 Å². The number of aromatic nitrogens is 3. The molecule has 5 rings (SSSR count). The molecule has 0 spiro atoms. The lowest BCUT2D eigenvalue weighted by atomic mass is 10.1. The summed E-state index contributed by atoms with van der Waals surface area (Å²) in [5, 5.41) is 2.94. The van der Waals surface area contributed by atoms with Crippen LogP contribution in [-0.2, 0) is 6.54 Å². The molecule has 0 unspecified atom stereocenters. The number of benzene rings is 2. The van der Waals surface area contributed by atoms with Crippen LogP contribution in [0.5, 0.6) is 11.5 Å². The number of imidazole rings is 1. The molecule has 2 aromatic carbocycles. The first-order valence-corrected chi connectivity index (χ1v) is 8.83. The van der Waals surface area contributed by atoms with Crippen molar-refractivity contribution in [2.24, 2.45) is 0 Å². The van der Waals surface area contributed by atoms with Crippen molar-refractivity contribution >= 4 is 17.1 Å². The van der Waals surface area contributed by atoms with Crippen LogP contribution in [-0.4, -0.2) is 27.2 Å². The standard InChI is InChI=1S/C21H16N4O3/c26-21(23-11-14-6-7-18-19(9-14)28-13-27-18)15-3-1-4-16(10-15)25-12-24-17-5-2-8-22-20(17)25/h1-10,12H,11,13H2,(H,23,26). The fourth-order valence-corrected chi connectivity index (χ4v) is 3.17. The van der Waals surface area contributed by atoms with Gasteiger partial charge in [-0.25, -0.2) is 9.97 Å². The summed E-state index contributed by atoms with van der Waals surface area (Å²) < 4.78 is 12.5. The summed E-state index contributed by atoms with van der Waals surface area (Å²) in [5.41, 5.74) is 3.90. The van der Waals surface area contributed by atoms with E-state index in [0.717, 1.165) is 28.2 Å². The van der Waals surface area contributed by atoms with Crippen LogP contribution in [0.1, 0.15) is 15.9 Å². The third kappa shape index (κ3) is 2.92. The Bertz CT molecular complexity index is 1190. The highest BCUT2D eigenvalue weighted by atomic mass is 16.7. The highest BCUT2D eigenvalue weighted by Crippen LogP contribution is 2.32. The number of nitrogens with zero attached hydrogens (tertiary/aromatic N) is 3. The van der Waals surface area contributed by atoms with Gasteiger partial charge in [-0.15, -0.1) is 0 Å².